The van der Waals surface area contributed by atoms with Crippen molar-refractivity contribution in [1.82, 2.24) is 9.88 Å². The monoisotopic (exact) mass is 461 g/mol. The molecule has 1 amide bonds. The quantitative estimate of drug-likeness (QED) is 0.364. The molecule has 7 heteroatoms. The molecule has 0 aliphatic heterocycles. The molecule has 0 atom stereocenters. The molecule has 160 valence electrons. The first-order valence-corrected chi connectivity index (χ1v) is 12.2. The summed E-state index contributed by atoms with van der Waals surface area (Å²) in [7, 11) is 4.11. The van der Waals surface area contributed by atoms with Gasteiger partial charge in [-0.25, -0.2) is 4.98 Å². The normalized spacial score (nSPS) is 11.4. The van der Waals surface area contributed by atoms with Gasteiger partial charge in [0.2, 0.25) is 5.91 Å². The summed E-state index contributed by atoms with van der Waals surface area (Å²) in [6, 6.07) is 12.0. The largest absolute Gasteiger partial charge is 0.309 e. The fraction of sp³-hybridized carbons (Fsp3) is 0.391. The zero-order chi connectivity index (χ0) is 21.7. The number of aryl methyl sites for hydroxylation is 2. The van der Waals surface area contributed by atoms with Crippen molar-refractivity contribution in [3.05, 3.63) is 52.5 Å². The maximum Gasteiger partial charge on any atom is 0.229 e. The molecule has 0 unspecified atom stereocenters. The van der Waals surface area contributed by atoms with Crippen LogP contribution in [0.25, 0.3) is 10.2 Å². The molecule has 0 fully saturated rings. The van der Waals surface area contributed by atoms with Crippen LogP contribution in [0.5, 0.6) is 0 Å². The molecule has 0 spiro atoms. The molecule has 0 radical (unpaired) electrons. The molecular weight excluding hydrogens is 434 g/mol. The third-order valence-electron chi connectivity index (χ3n) is 4.91. The highest BCUT2D eigenvalue weighted by Crippen LogP contribution is 2.31. The number of hydrogen-bond donors (Lipinski definition) is 0. The van der Waals surface area contributed by atoms with Gasteiger partial charge >= 0.3 is 0 Å². The number of fused-ring (bicyclic) bond motifs is 1. The van der Waals surface area contributed by atoms with E-state index in [1.165, 1.54) is 11.1 Å². The third kappa shape index (κ3) is 6.20. The number of carbonyl (C=O) groups excluding carboxylic acids is 1. The first-order chi connectivity index (χ1) is 14.3. The molecule has 3 rings (SSSR count). The third-order valence-corrected chi connectivity index (χ3v) is 7.22. The highest BCUT2D eigenvalue weighted by Gasteiger charge is 2.20. The number of benzene rings is 2. The molecule has 0 bridgehead atoms. The standard InChI is InChI=1S/C23H28ClN3OS2/c1-16-14-20-21(15-17(16)2)30-23(25-20)27(12-5-11-26(3)4)22(28)10-13-29-19-8-6-18(24)7-9-19/h6-9,14-15H,5,10-13H2,1-4H3. The van der Waals surface area contributed by atoms with Gasteiger partial charge in [0.1, 0.15) is 0 Å². The van der Waals surface area contributed by atoms with Crippen LogP contribution in [0.1, 0.15) is 24.0 Å². The van der Waals surface area contributed by atoms with Crippen LogP contribution >= 0.6 is 34.7 Å². The molecule has 0 N–H and O–H groups in total. The van der Waals surface area contributed by atoms with Gasteiger partial charge in [-0.1, -0.05) is 22.9 Å². The van der Waals surface area contributed by atoms with Gasteiger partial charge < -0.3 is 4.90 Å². The summed E-state index contributed by atoms with van der Waals surface area (Å²) < 4.78 is 1.13. The van der Waals surface area contributed by atoms with E-state index < -0.39 is 0 Å². The summed E-state index contributed by atoms with van der Waals surface area (Å²) >= 11 is 9.23. The highest BCUT2D eigenvalue weighted by molar-refractivity contribution is 7.99. The van der Waals surface area contributed by atoms with Gasteiger partial charge in [-0.15, -0.1) is 11.8 Å². The number of aromatic nitrogens is 1. The first kappa shape index (κ1) is 23.1. The SMILES string of the molecule is Cc1cc2nc(N(CCCN(C)C)C(=O)CCSc3ccc(Cl)cc3)sc2cc1C. The summed E-state index contributed by atoms with van der Waals surface area (Å²) in [5.41, 5.74) is 3.45. The summed E-state index contributed by atoms with van der Waals surface area (Å²) in [6.45, 7) is 5.83. The smallest absolute Gasteiger partial charge is 0.229 e. The maximum absolute atomic E-state index is 13.1. The summed E-state index contributed by atoms with van der Waals surface area (Å²) in [6.07, 6.45) is 1.39. The van der Waals surface area contributed by atoms with Gasteiger partial charge in [0.05, 0.1) is 10.2 Å². The molecule has 30 heavy (non-hydrogen) atoms. The van der Waals surface area contributed by atoms with Gasteiger partial charge in [0.25, 0.3) is 0 Å². The lowest BCUT2D eigenvalue weighted by Gasteiger charge is -2.21. The second-order valence-corrected chi connectivity index (χ2v) is 10.3. The van der Waals surface area contributed by atoms with E-state index in [-0.39, 0.29) is 5.91 Å². The second kappa shape index (κ2) is 10.6. The molecule has 0 saturated carbocycles. The Kier molecular flexibility index (Phi) is 8.17. The number of amides is 1. The van der Waals surface area contributed by atoms with E-state index in [1.54, 1.807) is 23.1 Å². The predicted octanol–water partition coefficient (Wildman–Crippen LogP) is 6.03. The average Bonchev–Trinajstić information content (AvgIpc) is 3.09. The lowest BCUT2D eigenvalue weighted by Crippen LogP contribution is -2.33. The fourth-order valence-electron chi connectivity index (χ4n) is 3.08. The van der Waals surface area contributed by atoms with E-state index in [0.717, 1.165) is 44.0 Å². The summed E-state index contributed by atoms with van der Waals surface area (Å²) in [5, 5.41) is 1.53. The van der Waals surface area contributed by atoms with E-state index in [0.29, 0.717) is 13.0 Å². The summed E-state index contributed by atoms with van der Waals surface area (Å²) in [4.78, 5) is 23.1. The van der Waals surface area contributed by atoms with Gasteiger partial charge in [-0.05, 0) is 88.4 Å². The number of nitrogens with zero attached hydrogens (tertiary/aromatic N) is 3. The zero-order valence-electron chi connectivity index (χ0n) is 17.9. The van der Waals surface area contributed by atoms with Crippen molar-refractivity contribution in [2.75, 3.05) is 37.8 Å². The second-order valence-electron chi connectivity index (χ2n) is 7.66. The van der Waals surface area contributed by atoms with Gasteiger partial charge in [0, 0.05) is 28.6 Å². The van der Waals surface area contributed by atoms with Crippen LogP contribution in [-0.2, 0) is 4.79 Å². The van der Waals surface area contributed by atoms with Crippen molar-refractivity contribution in [1.29, 1.82) is 0 Å². The first-order valence-electron chi connectivity index (χ1n) is 10.0. The van der Waals surface area contributed by atoms with E-state index >= 15 is 0 Å². The highest BCUT2D eigenvalue weighted by atomic mass is 35.5. The number of carbonyl (C=O) groups is 1. The van der Waals surface area contributed by atoms with Crippen molar-refractivity contribution in [3.8, 4) is 0 Å². The minimum atomic E-state index is 0.128. The lowest BCUT2D eigenvalue weighted by molar-refractivity contribution is -0.118. The topological polar surface area (TPSA) is 36.4 Å². The Morgan fingerprint density at radius 2 is 1.80 bits per heavy atom. The van der Waals surface area contributed by atoms with Gasteiger partial charge in [-0.2, -0.15) is 0 Å². The molecule has 4 nitrogen and oxygen atoms in total. The van der Waals surface area contributed by atoms with Gasteiger partial charge in [0.15, 0.2) is 5.13 Å². The van der Waals surface area contributed by atoms with Crippen LogP contribution in [0.2, 0.25) is 5.02 Å². The predicted molar refractivity (Wildman–Crippen MR) is 131 cm³/mol. The van der Waals surface area contributed by atoms with Crippen LogP contribution < -0.4 is 4.90 Å². The van der Waals surface area contributed by atoms with Crippen LogP contribution in [-0.4, -0.2) is 48.7 Å². The van der Waals surface area contributed by atoms with E-state index in [4.69, 9.17) is 16.6 Å². The molecular formula is C23H28ClN3OS2. The number of hydrogen-bond acceptors (Lipinski definition) is 5. The van der Waals surface area contributed by atoms with Gasteiger partial charge in [-0.3, -0.25) is 9.69 Å². The maximum atomic E-state index is 13.1. The lowest BCUT2D eigenvalue weighted by atomic mass is 10.1. The summed E-state index contributed by atoms with van der Waals surface area (Å²) in [5.74, 6) is 0.857. The van der Waals surface area contributed by atoms with Crippen molar-refractivity contribution < 1.29 is 4.79 Å². The molecule has 0 aliphatic carbocycles. The minimum absolute atomic E-state index is 0.128. The Bertz CT molecular complexity index is 963. The van der Waals surface area contributed by atoms with Crippen molar-refractivity contribution in [3.63, 3.8) is 0 Å². The Labute approximate surface area is 192 Å². The van der Waals surface area contributed by atoms with Crippen LogP contribution in [0.15, 0.2) is 41.3 Å². The number of thiazole rings is 1. The van der Waals surface area contributed by atoms with Crippen molar-refractivity contribution in [2.45, 2.75) is 31.6 Å². The van der Waals surface area contributed by atoms with E-state index in [1.807, 2.05) is 29.2 Å². The van der Waals surface area contributed by atoms with Crippen molar-refractivity contribution in [2.24, 2.45) is 0 Å². The Morgan fingerprint density at radius 3 is 2.50 bits per heavy atom. The number of halogens is 1. The van der Waals surface area contributed by atoms with E-state index in [2.05, 4.69) is 45.0 Å². The van der Waals surface area contributed by atoms with Crippen LogP contribution in [0.4, 0.5) is 5.13 Å². The van der Waals surface area contributed by atoms with E-state index in [9.17, 15) is 4.79 Å². The van der Waals surface area contributed by atoms with Crippen molar-refractivity contribution >= 4 is 56.0 Å². The molecule has 0 aliphatic rings. The van der Waals surface area contributed by atoms with Crippen LogP contribution in [0, 0.1) is 13.8 Å². The zero-order valence-corrected chi connectivity index (χ0v) is 20.3. The molecule has 3 aromatic rings. The molecule has 1 heterocycles. The molecule has 2 aromatic carbocycles. The Morgan fingerprint density at radius 1 is 1.10 bits per heavy atom. The van der Waals surface area contributed by atoms with Crippen LogP contribution in [0.3, 0.4) is 0 Å². The molecule has 0 saturated heterocycles. The number of thioether (sulfide) groups is 1. The Hall–Kier alpha value is -1.60. The average molecular weight is 462 g/mol. The molecule has 1 aromatic heterocycles. The number of rotatable bonds is 9. The Balaban J connectivity index is 1.72. The fourth-order valence-corrected chi connectivity index (χ4v) is 5.13. The minimum Gasteiger partial charge on any atom is -0.309 e. The number of anilines is 1.